The van der Waals surface area contributed by atoms with E-state index in [-0.39, 0.29) is 11.3 Å². The van der Waals surface area contributed by atoms with Gasteiger partial charge in [0.05, 0.1) is 31.2 Å². The number of ether oxygens (including phenoxy) is 1. The van der Waals surface area contributed by atoms with E-state index in [4.69, 9.17) is 20.8 Å². The van der Waals surface area contributed by atoms with Crippen molar-refractivity contribution in [1.29, 1.82) is 0 Å². The molecule has 174 valence electrons. The number of furan rings is 1. The van der Waals surface area contributed by atoms with E-state index in [1.54, 1.807) is 30.5 Å². The van der Waals surface area contributed by atoms with Crippen LogP contribution in [-0.4, -0.2) is 39.4 Å². The number of benzene rings is 2. The third kappa shape index (κ3) is 5.59. The molecule has 0 aliphatic carbocycles. The number of amides is 2. The smallest absolute Gasteiger partial charge is 0.273 e. The molecule has 0 aliphatic rings. The van der Waals surface area contributed by atoms with Crippen LogP contribution < -0.4 is 15.6 Å². The van der Waals surface area contributed by atoms with E-state index >= 15 is 0 Å². The number of nitrogens with one attached hydrogen (secondary N) is 2. The standard InChI is InChI=1S/C23H20ClN5O4S/c1-32-18-10-9-16(24)12-17(18)22(31)27-25-20(30)14-34-23-28-26-21(19-8-5-11-33-19)29(23)13-15-6-3-2-4-7-15/h2-12H,13-14H2,1H3,(H,25,30)(H,27,31). The Balaban J connectivity index is 1.42. The quantitative estimate of drug-likeness (QED) is 0.281. The molecule has 0 atom stereocenters. The van der Waals surface area contributed by atoms with Crippen LogP contribution in [0.4, 0.5) is 0 Å². The van der Waals surface area contributed by atoms with Gasteiger partial charge in [-0.15, -0.1) is 10.2 Å². The van der Waals surface area contributed by atoms with Gasteiger partial charge >= 0.3 is 0 Å². The number of rotatable bonds is 8. The van der Waals surface area contributed by atoms with Crippen LogP contribution in [0.3, 0.4) is 0 Å². The minimum Gasteiger partial charge on any atom is -0.496 e. The first-order chi connectivity index (χ1) is 16.5. The topological polar surface area (TPSA) is 111 Å². The minimum atomic E-state index is -0.551. The van der Waals surface area contributed by atoms with Crippen molar-refractivity contribution in [3.8, 4) is 17.3 Å². The van der Waals surface area contributed by atoms with Gasteiger partial charge < -0.3 is 9.15 Å². The molecule has 0 bridgehead atoms. The van der Waals surface area contributed by atoms with Gasteiger partial charge in [0.1, 0.15) is 5.75 Å². The van der Waals surface area contributed by atoms with Gasteiger partial charge in [-0.3, -0.25) is 25.0 Å². The molecule has 0 radical (unpaired) electrons. The summed E-state index contributed by atoms with van der Waals surface area (Å²) < 4.78 is 12.5. The molecule has 0 saturated heterocycles. The van der Waals surface area contributed by atoms with Gasteiger partial charge in [-0.05, 0) is 35.9 Å². The number of carbonyl (C=O) groups excluding carboxylic acids is 2. The summed E-state index contributed by atoms with van der Waals surface area (Å²) in [7, 11) is 1.44. The van der Waals surface area contributed by atoms with Crippen molar-refractivity contribution in [3.05, 3.63) is 83.1 Å². The number of hydrogen-bond donors (Lipinski definition) is 2. The van der Waals surface area contributed by atoms with Crippen molar-refractivity contribution in [1.82, 2.24) is 25.6 Å². The summed E-state index contributed by atoms with van der Waals surface area (Å²) in [5.74, 6) is 0.488. The predicted molar refractivity (Wildman–Crippen MR) is 128 cm³/mol. The molecule has 11 heteroatoms. The lowest BCUT2D eigenvalue weighted by Gasteiger charge is -2.11. The first-order valence-corrected chi connectivity index (χ1v) is 11.5. The first-order valence-electron chi connectivity index (χ1n) is 10.1. The van der Waals surface area contributed by atoms with E-state index in [9.17, 15) is 9.59 Å². The number of nitrogens with zero attached hydrogens (tertiary/aromatic N) is 3. The second-order valence-corrected chi connectivity index (χ2v) is 8.37. The van der Waals surface area contributed by atoms with Crippen LogP contribution in [0.2, 0.25) is 5.02 Å². The summed E-state index contributed by atoms with van der Waals surface area (Å²) in [5, 5.41) is 9.39. The fraction of sp³-hybridized carbons (Fsp3) is 0.130. The highest BCUT2D eigenvalue weighted by Gasteiger charge is 2.18. The van der Waals surface area contributed by atoms with Crippen molar-refractivity contribution in [2.75, 3.05) is 12.9 Å². The average Bonchev–Trinajstić information content (AvgIpc) is 3.52. The molecular weight excluding hydrogens is 478 g/mol. The van der Waals surface area contributed by atoms with Crippen LogP contribution in [0.15, 0.2) is 76.5 Å². The van der Waals surface area contributed by atoms with E-state index in [0.29, 0.717) is 34.1 Å². The van der Waals surface area contributed by atoms with E-state index in [1.165, 1.54) is 24.9 Å². The molecule has 4 aromatic rings. The van der Waals surface area contributed by atoms with E-state index in [1.807, 2.05) is 34.9 Å². The number of methoxy groups -OCH3 is 1. The Morgan fingerprint density at radius 3 is 2.65 bits per heavy atom. The Kier molecular flexibility index (Phi) is 7.51. The third-order valence-corrected chi connectivity index (χ3v) is 5.90. The minimum absolute atomic E-state index is 0.00195. The maximum absolute atomic E-state index is 12.4. The molecule has 2 heterocycles. The molecule has 0 aliphatic heterocycles. The Labute approximate surface area is 204 Å². The number of hydrazine groups is 1. The number of hydrogen-bond acceptors (Lipinski definition) is 7. The summed E-state index contributed by atoms with van der Waals surface area (Å²) in [5.41, 5.74) is 6.01. The molecule has 4 rings (SSSR count). The van der Waals surface area contributed by atoms with Crippen LogP contribution >= 0.6 is 23.4 Å². The molecule has 0 saturated carbocycles. The lowest BCUT2D eigenvalue weighted by atomic mass is 10.2. The van der Waals surface area contributed by atoms with Crippen molar-refractivity contribution < 1.29 is 18.7 Å². The van der Waals surface area contributed by atoms with Crippen molar-refractivity contribution in [2.45, 2.75) is 11.7 Å². The number of halogens is 1. The zero-order chi connectivity index (χ0) is 23.9. The number of aromatic nitrogens is 3. The first kappa shape index (κ1) is 23.4. The molecule has 0 fully saturated rings. The lowest BCUT2D eigenvalue weighted by molar-refractivity contribution is -0.119. The van der Waals surface area contributed by atoms with Gasteiger partial charge in [0.15, 0.2) is 10.9 Å². The Morgan fingerprint density at radius 1 is 1.09 bits per heavy atom. The largest absolute Gasteiger partial charge is 0.496 e. The maximum Gasteiger partial charge on any atom is 0.273 e. The zero-order valence-electron chi connectivity index (χ0n) is 18.0. The Bertz CT molecular complexity index is 1280. The monoisotopic (exact) mass is 497 g/mol. The molecule has 2 amide bonds. The van der Waals surface area contributed by atoms with Crippen LogP contribution in [0.5, 0.6) is 5.75 Å². The molecule has 0 unspecified atom stereocenters. The summed E-state index contributed by atoms with van der Waals surface area (Å²) in [6, 6.07) is 18.0. The van der Waals surface area contributed by atoms with Gasteiger partial charge in [0.25, 0.3) is 5.91 Å². The van der Waals surface area contributed by atoms with Crippen molar-refractivity contribution >= 4 is 35.2 Å². The van der Waals surface area contributed by atoms with E-state index < -0.39 is 11.8 Å². The van der Waals surface area contributed by atoms with Crippen molar-refractivity contribution in [3.63, 3.8) is 0 Å². The van der Waals surface area contributed by atoms with E-state index in [0.717, 1.165) is 5.56 Å². The Hall–Kier alpha value is -3.76. The lowest BCUT2D eigenvalue weighted by Crippen LogP contribution is -2.42. The van der Waals surface area contributed by atoms with Gasteiger partial charge in [-0.1, -0.05) is 53.7 Å². The molecular formula is C23H20ClN5O4S. The fourth-order valence-electron chi connectivity index (χ4n) is 3.11. The second kappa shape index (κ2) is 10.9. The van der Waals surface area contributed by atoms with Crippen molar-refractivity contribution in [2.24, 2.45) is 0 Å². The highest BCUT2D eigenvalue weighted by atomic mass is 35.5. The van der Waals surface area contributed by atoms with E-state index in [2.05, 4.69) is 21.0 Å². The molecule has 34 heavy (non-hydrogen) atoms. The maximum atomic E-state index is 12.4. The SMILES string of the molecule is COc1ccc(Cl)cc1C(=O)NNC(=O)CSc1nnc(-c2ccco2)n1Cc1ccccc1. The average molecular weight is 498 g/mol. The predicted octanol–water partition coefficient (Wildman–Crippen LogP) is 3.80. The summed E-state index contributed by atoms with van der Waals surface area (Å²) in [4.78, 5) is 24.8. The number of carbonyl (C=O) groups is 2. The molecule has 9 nitrogen and oxygen atoms in total. The molecule has 0 spiro atoms. The highest BCUT2D eigenvalue weighted by Crippen LogP contribution is 2.26. The van der Waals surface area contributed by atoms with Crippen LogP contribution in [0.1, 0.15) is 15.9 Å². The van der Waals surface area contributed by atoms with Gasteiger partial charge in [-0.25, -0.2) is 0 Å². The highest BCUT2D eigenvalue weighted by molar-refractivity contribution is 7.99. The van der Waals surface area contributed by atoms with Crippen LogP contribution in [0, 0.1) is 0 Å². The van der Waals surface area contributed by atoms with Gasteiger partial charge in [0.2, 0.25) is 11.7 Å². The third-order valence-electron chi connectivity index (χ3n) is 4.70. The summed E-state index contributed by atoms with van der Waals surface area (Å²) in [6.07, 6.45) is 1.56. The molecule has 2 aromatic carbocycles. The summed E-state index contributed by atoms with van der Waals surface area (Å²) in [6.45, 7) is 0.499. The second-order valence-electron chi connectivity index (χ2n) is 6.99. The molecule has 2 aromatic heterocycles. The van der Waals surface area contributed by atoms with Gasteiger partial charge in [0, 0.05) is 5.02 Å². The van der Waals surface area contributed by atoms with Gasteiger partial charge in [-0.2, -0.15) is 0 Å². The fourth-order valence-corrected chi connectivity index (χ4v) is 4.02. The van der Waals surface area contributed by atoms with Crippen LogP contribution in [-0.2, 0) is 11.3 Å². The molecule has 2 N–H and O–H groups in total. The Morgan fingerprint density at radius 2 is 1.91 bits per heavy atom. The number of thioether (sulfide) groups is 1. The van der Waals surface area contributed by atoms with Crippen LogP contribution in [0.25, 0.3) is 11.6 Å². The summed E-state index contributed by atoms with van der Waals surface area (Å²) >= 11 is 7.15. The zero-order valence-corrected chi connectivity index (χ0v) is 19.6. The normalized spacial score (nSPS) is 10.6.